The molecule has 0 spiro atoms. The van der Waals surface area contributed by atoms with Crippen molar-refractivity contribution in [2.45, 2.75) is 51.0 Å². The van der Waals surface area contributed by atoms with Crippen molar-refractivity contribution in [3.05, 3.63) is 109 Å². The lowest BCUT2D eigenvalue weighted by Crippen LogP contribution is -2.34. The Morgan fingerprint density at radius 3 is 2.62 bits per heavy atom. The normalized spacial score (nSPS) is 21.5. The number of rotatable bonds is 5. The summed E-state index contributed by atoms with van der Waals surface area (Å²) in [5.41, 5.74) is 2.66. The smallest absolute Gasteiger partial charge is 0.274 e. The van der Waals surface area contributed by atoms with Gasteiger partial charge >= 0.3 is 0 Å². The molecule has 1 aliphatic heterocycles. The van der Waals surface area contributed by atoms with E-state index in [4.69, 9.17) is 23.2 Å². The first-order chi connectivity index (χ1) is 19.9. The zero-order valence-corrected chi connectivity index (χ0v) is 24.9. The second kappa shape index (κ2) is 10.6. The van der Waals surface area contributed by atoms with E-state index in [1.165, 1.54) is 15.5 Å². The second-order valence-electron chi connectivity index (χ2n) is 11.6. The van der Waals surface area contributed by atoms with E-state index in [1.807, 2.05) is 26.0 Å². The Kier molecular flexibility index (Phi) is 7.20. The van der Waals surface area contributed by atoms with Gasteiger partial charge in [-0.3, -0.25) is 24.1 Å². The molecule has 0 radical (unpaired) electrons. The van der Waals surface area contributed by atoms with Crippen LogP contribution in [0, 0.1) is 19.7 Å². The average Bonchev–Trinajstić information content (AvgIpc) is 3.66. The zero-order valence-electron chi connectivity index (χ0n) is 23.4. The Morgan fingerprint density at radius 1 is 1.12 bits per heavy atom. The molecule has 1 aliphatic carbocycles. The summed E-state index contributed by atoms with van der Waals surface area (Å²) in [5, 5.41) is 11.0. The zero-order chi connectivity index (χ0) is 29.9. The summed E-state index contributed by atoms with van der Waals surface area (Å²) in [6.45, 7) is 5.80. The molecule has 216 valence electrons. The lowest BCUT2D eigenvalue weighted by molar-refractivity contribution is 0.0569. The predicted octanol–water partition coefficient (Wildman–Crippen LogP) is 6.23. The number of aryl methyl sites for hydroxylation is 2. The second-order valence-corrected chi connectivity index (χ2v) is 12.4. The molecule has 1 aromatic carbocycles. The van der Waals surface area contributed by atoms with Crippen LogP contribution in [0.25, 0.3) is 16.9 Å². The first-order valence-corrected chi connectivity index (χ1v) is 14.5. The molecule has 1 saturated carbocycles. The molecule has 1 amide bonds. The highest BCUT2D eigenvalue weighted by atomic mass is 35.5. The number of aliphatic hydroxyl groups is 1. The molecule has 6 rings (SSSR count). The van der Waals surface area contributed by atoms with Gasteiger partial charge in [0.15, 0.2) is 0 Å². The van der Waals surface area contributed by atoms with Crippen LogP contribution in [0.2, 0.25) is 10.0 Å². The molecule has 3 atom stereocenters. The number of benzene rings is 1. The highest BCUT2D eigenvalue weighted by Gasteiger charge is 2.42. The van der Waals surface area contributed by atoms with Crippen molar-refractivity contribution in [2.75, 3.05) is 13.1 Å². The number of pyridine rings is 3. The van der Waals surface area contributed by atoms with E-state index in [1.54, 1.807) is 43.7 Å². The van der Waals surface area contributed by atoms with Gasteiger partial charge in [0, 0.05) is 42.9 Å². The van der Waals surface area contributed by atoms with Gasteiger partial charge in [-0.05, 0) is 92.5 Å². The van der Waals surface area contributed by atoms with Crippen molar-refractivity contribution in [3.63, 3.8) is 0 Å². The quantitative estimate of drug-likeness (QED) is 0.291. The van der Waals surface area contributed by atoms with Gasteiger partial charge in [0.25, 0.3) is 11.5 Å². The van der Waals surface area contributed by atoms with Gasteiger partial charge in [0.2, 0.25) is 0 Å². The van der Waals surface area contributed by atoms with Crippen molar-refractivity contribution < 1.29 is 14.3 Å². The number of hydrogen-bond donors (Lipinski definition) is 1. The number of carbonyl (C=O) groups excluding carboxylic acids is 1. The van der Waals surface area contributed by atoms with Gasteiger partial charge < -0.3 is 10.0 Å². The molecule has 7 nitrogen and oxygen atoms in total. The Balaban J connectivity index is 1.35. The van der Waals surface area contributed by atoms with E-state index in [-0.39, 0.29) is 45.8 Å². The van der Waals surface area contributed by atoms with Crippen LogP contribution in [0.15, 0.2) is 59.8 Å². The fourth-order valence-electron chi connectivity index (χ4n) is 5.93. The Bertz CT molecular complexity index is 1810. The van der Waals surface area contributed by atoms with E-state index in [9.17, 15) is 14.7 Å². The van der Waals surface area contributed by atoms with Gasteiger partial charge in [0.1, 0.15) is 10.8 Å². The van der Waals surface area contributed by atoms with Crippen LogP contribution in [0.1, 0.15) is 64.3 Å². The first-order valence-electron chi connectivity index (χ1n) is 13.8. The van der Waals surface area contributed by atoms with Crippen molar-refractivity contribution in [3.8, 4) is 16.9 Å². The molecule has 42 heavy (non-hydrogen) atoms. The van der Waals surface area contributed by atoms with Crippen LogP contribution in [0.5, 0.6) is 0 Å². The molecular formula is C32H29Cl2FN4O3. The van der Waals surface area contributed by atoms with Crippen LogP contribution in [-0.2, 0) is 0 Å². The van der Waals surface area contributed by atoms with Gasteiger partial charge in [-0.15, -0.1) is 0 Å². The van der Waals surface area contributed by atoms with Crippen LogP contribution in [0.4, 0.5) is 4.39 Å². The number of amides is 1. The molecule has 1 N–H and O–H groups in total. The van der Waals surface area contributed by atoms with Gasteiger partial charge in [-0.2, -0.15) is 0 Å². The Labute approximate surface area is 252 Å². The molecule has 0 bridgehead atoms. The van der Waals surface area contributed by atoms with E-state index < -0.39 is 17.3 Å². The van der Waals surface area contributed by atoms with Gasteiger partial charge in [0.05, 0.1) is 27.6 Å². The summed E-state index contributed by atoms with van der Waals surface area (Å²) in [6.07, 6.45) is 6.22. The van der Waals surface area contributed by atoms with E-state index in [0.29, 0.717) is 34.9 Å². The summed E-state index contributed by atoms with van der Waals surface area (Å²) in [5.74, 6) is -0.922. The third-order valence-corrected chi connectivity index (χ3v) is 8.85. The molecule has 2 aliphatic rings. The van der Waals surface area contributed by atoms with Crippen molar-refractivity contribution in [2.24, 2.45) is 0 Å². The largest absolute Gasteiger partial charge is 0.388 e. The average molecular weight is 608 g/mol. The van der Waals surface area contributed by atoms with Crippen molar-refractivity contribution in [1.29, 1.82) is 0 Å². The minimum absolute atomic E-state index is 0.0848. The highest BCUT2D eigenvalue weighted by Crippen LogP contribution is 2.56. The number of hydrogen-bond acceptors (Lipinski definition) is 5. The van der Waals surface area contributed by atoms with Gasteiger partial charge in [-0.25, -0.2) is 4.39 Å². The molecule has 1 saturated heterocycles. The number of likely N-dealkylation sites (tertiary alicyclic amines) is 1. The fourth-order valence-corrected chi connectivity index (χ4v) is 6.39. The highest BCUT2D eigenvalue weighted by molar-refractivity contribution is 6.31. The topological polar surface area (TPSA) is 88.3 Å². The van der Waals surface area contributed by atoms with Crippen LogP contribution in [0.3, 0.4) is 0 Å². The lowest BCUT2D eigenvalue weighted by atomic mass is 10.0. The van der Waals surface area contributed by atoms with Crippen LogP contribution < -0.4 is 5.56 Å². The van der Waals surface area contributed by atoms with E-state index in [2.05, 4.69) is 9.97 Å². The molecule has 4 aromatic rings. The summed E-state index contributed by atoms with van der Waals surface area (Å²) >= 11 is 12.8. The van der Waals surface area contributed by atoms with E-state index in [0.717, 1.165) is 17.5 Å². The first kappa shape index (κ1) is 28.5. The molecule has 10 heteroatoms. The van der Waals surface area contributed by atoms with Crippen LogP contribution >= 0.6 is 23.2 Å². The van der Waals surface area contributed by atoms with Crippen LogP contribution in [-0.4, -0.2) is 49.1 Å². The molecule has 3 aromatic heterocycles. The molecule has 4 heterocycles. The number of β-amino-alcohol motifs (C(OH)–C–C–N with tert-alkyl or cyclic N) is 1. The van der Waals surface area contributed by atoms with Crippen molar-refractivity contribution >= 4 is 29.1 Å². The summed E-state index contributed by atoms with van der Waals surface area (Å²) in [6, 6.07) is 10.0. The number of halogens is 3. The minimum atomic E-state index is -0.994. The number of carbonyl (C=O) groups is 1. The number of nitrogens with zero attached hydrogens (tertiary/aromatic N) is 4. The number of aromatic nitrogens is 3. The lowest BCUT2D eigenvalue weighted by Gasteiger charge is -2.20. The monoisotopic (exact) mass is 606 g/mol. The summed E-state index contributed by atoms with van der Waals surface area (Å²) in [4.78, 5) is 36.9. The Hall–Kier alpha value is -3.59. The third kappa shape index (κ3) is 5.12. The maximum absolute atomic E-state index is 15.8. The maximum Gasteiger partial charge on any atom is 0.274 e. The Morgan fingerprint density at radius 2 is 1.90 bits per heavy atom. The predicted molar refractivity (Wildman–Crippen MR) is 160 cm³/mol. The minimum Gasteiger partial charge on any atom is -0.388 e. The summed E-state index contributed by atoms with van der Waals surface area (Å²) < 4.78 is 17.3. The third-order valence-electron chi connectivity index (χ3n) is 8.27. The maximum atomic E-state index is 15.8. The standard InChI is InChI=1S/C32H29Cl2FN4O3/c1-17-13-37-26(21-5-4-6-22(29(21)35)30(40)38-8-7-32(3,42)16-38)12-27(17)39-18(2)9-25(28(34)31(39)41)24-11-23(24)19-10-20(33)15-36-14-19/h4-6,9-10,12-15,23-24,42H,7-8,11,16H2,1-3H3/t23-,24+,32+/m1/s1. The van der Waals surface area contributed by atoms with E-state index >= 15 is 4.39 Å². The van der Waals surface area contributed by atoms with Crippen molar-refractivity contribution in [1.82, 2.24) is 19.4 Å². The molecule has 2 fully saturated rings. The summed E-state index contributed by atoms with van der Waals surface area (Å²) in [7, 11) is 0. The molecule has 0 unspecified atom stereocenters. The SMILES string of the molecule is Cc1cnc(-c2cccc(C(=O)N3CC[C@](C)(O)C3)c2F)cc1-n1c(C)cc([C@H]2C[C@@H]2c2cncc(Cl)c2)c(Cl)c1=O. The van der Waals surface area contributed by atoms with Gasteiger partial charge in [-0.1, -0.05) is 29.3 Å². The fraction of sp³-hybridized carbons (Fsp3) is 0.312. The molecular weight excluding hydrogens is 578 g/mol.